The van der Waals surface area contributed by atoms with Crippen LogP contribution >= 0.6 is 0 Å². The maximum atomic E-state index is 11.9. The van der Waals surface area contributed by atoms with Crippen LogP contribution < -0.4 is 20.9 Å². The number of nitrogens with two attached hydrogens (primary N) is 2. The van der Waals surface area contributed by atoms with E-state index in [1.807, 2.05) is 30.3 Å². The molecular weight excluding hydrogens is 310 g/mol. The predicted octanol–water partition coefficient (Wildman–Crippen LogP) is 1.85. The first-order valence-electron chi connectivity index (χ1n) is 7.28. The number of nitrogen functional groups attached to an aromatic ring is 2. The number of para-hydroxylation sites is 1. The van der Waals surface area contributed by atoms with Gasteiger partial charge in [-0.2, -0.15) is 0 Å². The molecule has 5 N–H and O–H groups in total. The molecule has 0 amide bonds. The molecule has 0 aliphatic carbocycles. The minimum absolute atomic E-state index is 0.0378. The van der Waals surface area contributed by atoms with Crippen molar-refractivity contribution in [2.45, 2.75) is 13.0 Å². The van der Waals surface area contributed by atoms with E-state index in [9.17, 15) is 9.90 Å². The van der Waals surface area contributed by atoms with Gasteiger partial charge in [0.1, 0.15) is 17.3 Å². The maximum absolute atomic E-state index is 11.9. The van der Waals surface area contributed by atoms with Crippen LogP contribution in [0.15, 0.2) is 30.3 Å². The summed E-state index contributed by atoms with van der Waals surface area (Å²) in [5.74, 6) is -0.693. The van der Waals surface area contributed by atoms with Gasteiger partial charge in [-0.1, -0.05) is 18.2 Å². The zero-order chi connectivity index (χ0) is 17.4. The van der Waals surface area contributed by atoms with E-state index in [1.165, 1.54) is 14.0 Å². The highest BCUT2D eigenvalue weighted by Crippen LogP contribution is 2.45. The number of fused-ring (bicyclic) bond motifs is 2. The number of ether oxygens (including phenoxy) is 2. The first kappa shape index (κ1) is 15.8. The summed E-state index contributed by atoms with van der Waals surface area (Å²) in [4.78, 5) is 16.4. The lowest BCUT2D eigenvalue weighted by atomic mass is 10.1. The van der Waals surface area contributed by atoms with E-state index in [4.69, 9.17) is 20.9 Å². The number of pyridine rings is 1. The normalized spacial score (nSPS) is 12.3. The van der Waals surface area contributed by atoms with Gasteiger partial charge in [0.15, 0.2) is 5.75 Å². The molecule has 124 valence electrons. The summed E-state index contributed by atoms with van der Waals surface area (Å²) in [6.07, 6.45) is -1.30. The largest absolute Gasteiger partial charge is 0.491 e. The number of aromatic nitrogens is 1. The fourth-order valence-electron chi connectivity index (χ4n) is 2.47. The summed E-state index contributed by atoms with van der Waals surface area (Å²) in [5.41, 5.74) is 13.6. The molecule has 1 aromatic heterocycles. The van der Waals surface area contributed by atoms with Crippen molar-refractivity contribution in [3.8, 4) is 11.5 Å². The molecule has 0 saturated heterocycles. The number of aliphatic hydroxyl groups excluding tert-OH is 1. The number of hydrogen-bond acceptors (Lipinski definition) is 7. The van der Waals surface area contributed by atoms with Gasteiger partial charge in [0.05, 0.1) is 18.3 Å². The van der Waals surface area contributed by atoms with Crippen molar-refractivity contribution in [2.24, 2.45) is 0 Å². The predicted molar refractivity (Wildman–Crippen MR) is 91.9 cm³/mol. The standard InChI is InChI=1S/C17H17N3O4/c1-8(21)17(22)24-16-14-10(12(18)13(19)15(16)23-2)7-9-5-3-4-6-11(9)20-14/h3-8,21H,18-19H2,1-2H3. The van der Waals surface area contributed by atoms with E-state index in [2.05, 4.69) is 4.98 Å². The van der Waals surface area contributed by atoms with E-state index in [0.717, 1.165) is 5.39 Å². The highest BCUT2D eigenvalue weighted by Gasteiger charge is 2.23. The first-order valence-corrected chi connectivity index (χ1v) is 7.28. The van der Waals surface area contributed by atoms with Gasteiger partial charge in [-0.25, -0.2) is 9.78 Å². The summed E-state index contributed by atoms with van der Waals surface area (Å²) >= 11 is 0. The van der Waals surface area contributed by atoms with Crippen LogP contribution in [0.3, 0.4) is 0 Å². The average Bonchev–Trinajstić information content (AvgIpc) is 2.58. The summed E-state index contributed by atoms with van der Waals surface area (Å²) < 4.78 is 10.5. The average molecular weight is 327 g/mol. The highest BCUT2D eigenvalue weighted by molar-refractivity contribution is 6.08. The Morgan fingerprint density at radius 2 is 1.92 bits per heavy atom. The Labute approximate surface area is 137 Å². The third kappa shape index (κ3) is 2.44. The number of aliphatic hydroxyl groups is 1. The second-order valence-electron chi connectivity index (χ2n) is 5.36. The van der Waals surface area contributed by atoms with Crippen LogP contribution in [0, 0.1) is 0 Å². The molecule has 0 radical (unpaired) electrons. The number of benzene rings is 2. The molecule has 7 heteroatoms. The number of carbonyl (C=O) groups excluding carboxylic acids is 1. The summed E-state index contributed by atoms with van der Waals surface area (Å²) in [5, 5.41) is 10.8. The van der Waals surface area contributed by atoms with Crippen LogP contribution in [0.1, 0.15) is 6.92 Å². The minimum atomic E-state index is -1.30. The van der Waals surface area contributed by atoms with Crippen molar-refractivity contribution in [1.29, 1.82) is 0 Å². The lowest BCUT2D eigenvalue weighted by molar-refractivity contribution is -0.142. The van der Waals surface area contributed by atoms with E-state index >= 15 is 0 Å². The summed E-state index contributed by atoms with van der Waals surface area (Å²) in [6.45, 7) is 1.31. The van der Waals surface area contributed by atoms with Crippen LogP contribution in [0.2, 0.25) is 0 Å². The van der Waals surface area contributed by atoms with Crippen molar-refractivity contribution in [1.82, 2.24) is 4.98 Å². The number of esters is 1. The molecule has 3 aromatic rings. The van der Waals surface area contributed by atoms with E-state index in [1.54, 1.807) is 0 Å². The molecule has 1 heterocycles. The lowest BCUT2D eigenvalue weighted by Gasteiger charge is -2.17. The van der Waals surface area contributed by atoms with E-state index in [0.29, 0.717) is 16.4 Å². The van der Waals surface area contributed by atoms with Gasteiger partial charge in [-0.3, -0.25) is 0 Å². The smallest absolute Gasteiger partial charge is 0.340 e. The third-order valence-corrected chi connectivity index (χ3v) is 3.72. The van der Waals surface area contributed by atoms with Crippen molar-refractivity contribution < 1.29 is 19.4 Å². The van der Waals surface area contributed by atoms with Crippen LogP contribution in [0.4, 0.5) is 11.4 Å². The zero-order valence-corrected chi connectivity index (χ0v) is 13.2. The van der Waals surface area contributed by atoms with Gasteiger partial charge in [-0.05, 0) is 19.1 Å². The third-order valence-electron chi connectivity index (χ3n) is 3.72. The Morgan fingerprint density at radius 1 is 1.21 bits per heavy atom. The van der Waals surface area contributed by atoms with E-state index in [-0.39, 0.29) is 22.9 Å². The number of rotatable bonds is 3. The van der Waals surface area contributed by atoms with Gasteiger partial charge in [-0.15, -0.1) is 0 Å². The lowest BCUT2D eigenvalue weighted by Crippen LogP contribution is -2.22. The van der Waals surface area contributed by atoms with Gasteiger partial charge in [0, 0.05) is 10.8 Å². The Bertz CT molecular complexity index is 954. The van der Waals surface area contributed by atoms with Gasteiger partial charge in [0.25, 0.3) is 0 Å². The Kier molecular flexibility index (Phi) is 3.86. The molecule has 0 aliphatic rings. The number of carbonyl (C=O) groups is 1. The quantitative estimate of drug-likeness (QED) is 0.290. The van der Waals surface area contributed by atoms with Crippen molar-refractivity contribution in [3.05, 3.63) is 30.3 Å². The number of hydrogen-bond donors (Lipinski definition) is 3. The highest BCUT2D eigenvalue weighted by atomic mass is 16.6. The fourth-order valence-corrected chi connectivity index (χ4v) is 2.47. The molecule has 24 heavy (non-hydrogen) atoms. The molecule has 7 nitrogen and oxygen atoms in total. The molecule has 0 spiro atoms. The van der Waals surface area contributed by atoms with Crippen molar-refractivity contribution in [2.75, 3.05) is 18.6 Å². The fraction of sp³-hybridized carbons (Fsp3) is 0.176. The molecule has 0 bridgehead atoms. The Balaban J connectivity index is 2.39. The molecule has 3 rings (SSSR count). The Morgan fingerprint density at radius 3 is 2.58 bits per heavy atom. The van der Waals surface area contributed by atoms with Crippen LogP contribution in [0.25, 0.3) is 21.8 Å². The maximum Gasteiger partial charge on any atom is 0.340 e. The summed E-state index contributed by atoms with van der Waals surface area (Å²) in [6, 6.07) is 9.27. The van der Waals surface area contributed by atoms with Crippen LogP contribution in [-0.4, -0.2) is 29.3 Å². The molecule has 0 fully saturated rings. The molecule has 1 atom stereocenters. The second kappa shape index (κ2) is 5.86. The zero-order valence-electron chi connectivity index (χ0n) is 13.2. The summed E-state index contributed by atoms with van der Waals surface area (Å²) in [7, 11) is 1.39. The number of anilines is 2. The van der Waals surface area contributed by atoms with Gasteiger partial charge >= 0.3 is 5.97 Å². The molecule has 0 aliphatic heterocycles. The topological polar surface area (TPSA) is 121 Å². The molecule has 2 aromatic carbocycles. The second-order valence-corrected chi connectivity index (χ2v) is 5.36. The minimum Gasteiger partial charge on any atom is -0.491 e. The monoisotopic (exact) mass is 327 g/mol. The Hall–Kier alpha value is -3.06. The van der Waals surface area contributed by atoms with E-state index < -0.39 is 12.1 Å². The van der Waals surface area contributed by atoms with Crippen LogP contribution in [-0.2, 0) is 4.79 Å². The van der Waals surface area contributed by atoms with Crippen molar-refractivity contribution in [3.63, 3.8) is 0 Å². The van der Waals surface area contributed by atoms with Crippen molar-refractivity contribution >= 4 is 39.1 Å². The number of methoxy groups -OCH3 is 1. The van der Waals surface area contributed by atoms with Crippen LogP contribution in [0.5, 0.6) is 11.5 Å². The van der Waals surface area contributed by atoms with Gasteiger partial charge < -0.3 is 26.0 Å². The molecule has 0 saturated carbocycles. The SMILES string of the molecule is COc1c(N)c(N)c2cc3ccccc3nc2c1OC(=O)C(C)O. The molecular formula is C17H17N3O4. The number of nitrogens with zero attached hydrogens (tertiary/aromatic N) is 1. The van der Waals surface area contributed by atoms with Gasteiger partial charge in [0.2, 0.25) is 5.75 Å². The first-order chi connectivity index (χ1) is 11.4. The molecule has 1 unspecified atom stereocenters.